The van der Waals surface area contributed by atoms with Crippen LogP contribution in [-0.2, 0) is 11.2 Å². The number of benzene rings is 1. The van der Waals surface area contributed by atoms with Gasteiger partial charge in [-0.3, -0.25) is 4.79 Å². The summed E-state index contributed by atoms with van der Waals surface area (Å²) in [6.45, 7) is 0.652. The van der Waals surface area contributed by atoms with Crippen molar-refractivity contribution >= 4 is 5.91 Å². The van der Waals surface area contributed by atoms with Gasteiger partial charge in [-0.1, -0.05) is 30.3 Å². The minimum absolute atomic E-state index is 0.0726. The molecule has 102 valence electrons. The monoisotopic (exact) mass is 258 g/mol. The van der Waals surface area contributed by atoms with Crippen molar-refractivity contribution in [3.05, 3.63) is 35.9 Å². The third kappa shape index (κ3) is 6.64. The van der Waals surface area contributed by atoms with Gasteiger partial charge in [0.25, 0.3) is 0 Å². The minimum Gasteiger partial charge on any atom is -0.355 e. The summed E-state index contributed by atoms with van der Waals surface area (Å²) in [4.78, 5) is 11.7. The zero-order valence-corrected chi connectivity index (χ0v) is 11.3. The van der Waals surface area contributed by atoms with Crippen molar-refractivity contribution in [3.63, 3.8) is 0 Å². The SMILES string of the molecule is C#CCCCCNC(=O)[C@@H](N)CCc1ccccc1. The molecule has 1 aromatic rings. The lowest BCUT2D eigenvalue weighted by atomic mass is 10.1. The van der Waals surface area contributed by atoms with Gasteiger partial charge >= 0.3 is 0 Å². The summed E-state index contributed by atoms with van der Waals surface area (Å²) in [7, 11) is 0. The van der Waals surface area contributed by atoms with Gasteiger partial charge < -0.3 is 11.1 Å². The van der Waals surface area contributed by atoms with E-state index in [0.717, 1.165) is 25.7 Å². The van der Waals surface area contributed by atoms with Crippen molar-refractivity contribution in [1.82, 2.24) is 5.32 Å². The Labute approximate surface area is 115 Å². The van der Waals surface area contributed by atoms with E-state index in [0.29, 0.717) is 13.0 Å². The Hall–Kier alpha value is -1.79. The van der Waals surface area contributed by atoms with E-state index in [1.807, 2.05) is 30.3 Å². The Morgan fingerprint density at radius 2 is 2.05 bits per heavy atom. The number of carbonyl (C=O) groups excluding carboxylic acids is 1. The van der Waals surface area contributed by atoms with Crippen LogP contribution in [0.3, 0.4) is 0 Å². The van der Waals surface area contributed by atoms with Gasteiger partial charge in [0.2, 0.25) is 5.91 Å². The maximum absolute atomic E-state index is 11.7. The first-order valence-electron chi connectivity index (χ1n) is 6.74. The van der Waals surface area contributed by atoms with Crippen LogP contribution >= 0.6 is 0 Å². The Morgan fingerprint density at radius 1 is 1.32 bits per heavy atom. The third-order valence-corrected chi connectivity index (χ3v) is 2.97. The van der Waals surface area contributed by atoms with Crippen LogP contribution in [0.25, 0.3) is 0 Å². The molecule has 0 saturated heterocycles. The first kappa shape index (κ1) is 15.3. The topological polar surface area (TPSA) is 55.1 Å². The number of aryl methyl sites for hydroxylation is 1. The molecule has 3 heteroatoms. The maximum atomic E-state index is 11.7. The van der Waals surface area contributed by atoms with Gasteiger partial charge in [0.15, 0.2) is 0 Å². The second-order valence-electron chi connectivity index (χ2n) is 4.58. The molecule has 0 heterocycles. The van der Waals surface area contributed by atoms with E-state index in [-0.39, 0.29) is 5.91 Å². The zero-order valence-electron chi connectivity index (χ0n) is 11.3. The molecule has 0 bridgehead atoms. The predicted octanol–water partition coefficient (Wildman–Crippen LogP) is 1.87. The van der Waals surface area contributed by atoms with Gasteiger partial charge in [0, 0.05) is 13.0 Å². The summed E-state index contributed by atoms with van der Waals surface area (Å²) < 4.78 is 0. The van der Waals surface area contributed by atoms with Crippen LogP contribution in [0.5, 0.6) is 0 Å². The highest BCUT2D eigenvalue weighted by molar-refractivity contribution is 5.81. The van der Waals surface area contributed by atoms with Crippen molar-refractivity contribution in [2.75, 3.05) is 6.54 Å². The molecule has 0 unspecified atom stereocenters. The van der Waals surface area contributed by atoms with Crippen LogP contribution in [0.1, 0.15) is 31.2 Å². The third-order valence-electron chi connectivity index (χ3n) is 2.97. The fraction of sp³-hybridized carbons (Fsp3) is 0.438. The number of terminal acetylenes is 1. The zero-order chi connectivity index (χ0) is 13.9. The van der Waals surface area contributed by atoms with Crippen molar-refractivity contribution < 1.29 is 4.79 Å². The van der Waals surface area contributed by atoms with Crippen molar-refractivity contribution in [3.8, 4) is 12.3 Å². The molecule has 0 aliphatic carbocycles. The standard InChI is InChI=1S/C16H22N2O/c1-2-3-4-8-13-18-16(19)15(17)12-11-14-9-6-5-7-10-14/h1,5-7,9-10,15H,3-4,8,11-13,17H2,(H,18,19)/t15-/m0/s1. The van der Waals surface area contributed by atoms with Crippen LogP contribution in [0, 0.1) is 12.3 Å². The first-order chi connectivity index (χ1) is 9.24. The molecule has 1 aromatic carbocycles. The molecule has 0 aromatic heterocycles. The summed E-state index contributed by atoms with van der Waals surface area (Å²) >= 11 is 0. The molecule has 1 amide bonds. The van der Waals surface area contributed by atoms with Crippen LogP contribution < -0.4 is 11.1 Å². The van der Waals surface area contributed by atoms with Crippen LogP contribution in [0.15, 0.2) is 30.3 Å². The first-order valence-corrected chi connectivity index (χ1v) is 6.74. The highest BCUT2D eigenvalue weighted by Gasteiger charge is 2.12. The van der Waals surface area contributed by atoms with E-state index >= 15 is 0 Å². The fourth-order valence-corrected chi connectivity index (χ4v) is 1.79. The van der Waals surface area contributed by atoms with Crippen LogP contribution in [0.2, 0.25) is 0 Å². The second-order valence-corrected chi connectivity index (χ2v) is 4.58. The summed E-state index contributed by atoms with van der Waals surface area (Å²) in [5.41, 5.74) is 7.07. The number of rotatable bonds is 8. The highest BCUT2D eigenvalue weighted by atomic mass is 16.2. The number of carbonyl (C=O) groups is 1. The van der Waals surface area contributed by atoms with E-state index in [2.05, 4.69) is 11.2 Å². The molecule has 0 spiro atoms. The average molecular weight is 258 g/mol. The lowest BCUT2D eigenvalue weighted by Gasteiger charge is -2.12. The predicted molar refractivity (Wildman–Crippen MR) is 78.4 cm³/mol. The van der Waals surface area contributed by atoms with Gasteiger partial charge in [-0.05, 0) is 31.2 Å². The normalized spacial score (nSPS) is 11.6. The van der Waals surface area contributed by atoms with E-state index in [9.17, 15) is 4.79 Å². The summed E-state index contributed by atoms with van der Waals surface area (Å²) in [5.74, 6) is 2.51. The molecule has 1 rings (SSSR count). The van der Waals surface area contributed by atoms with Crippen LogP contribution in [0.4, 0.5) is 0 Å². The van der Waals surface area contributed by atoms with Gasteiger partial charge in [-0.25, -0.2) is 0 Å². The lowest BCUT2D eigenvalue weighted by Crippen LogP contribution is -2.41. The van der Waals surface area contributed by atoms with Gasteiger partial charge in [0.05, 0.1) is 6.04 Å². The Bertz CT molecular complexity index is 409. The number of unbranched alkanes of at least 4 members (excludes halogenated alkanes) is 2. The van der Waals surface area contributed by atoms with Crippen molar-refractivity contribution in [1.29, 1.82) is 0 Å². The second kappa shape index (κ2) is 9.18. The summed E-state index contributed by atoms with van der Waals surface area (Å²) in [6, 6.07) is 9.62. The van der Waals surface area contributed by atoms with Gasteiger partial charge in [-0.15, -0.1) is 12.3 Å². The number of hydrogen-bond donors (Lipinski definition) is 2. The average Bonchev–Trinajstić information content (AvgIpc) is 2.45. The largest absolute Gasteiger partial charge is 0.355 e. The summed E-state index contributed by atoms with van der Waals surface area (Å²) in [6.07, 6.45) is 9.25. The van der Waals surface area contributed by atoms with Gasteiger partial charge in [-0.2, -0.15) is 0 Å². The van der Waals surface area contributed by atoms with Crippen molar-refractivity contribution in [2.45, 2.75) is 38.1 Å². The minimum atomic E-state index is -0.437. The Balaban J connectivity index is 2.16. The number of nitrogens with two attached hydrogens (primary N) is 1. The molecular formula is C16H22N2O. The quantitative estimate of drug-likeness (QED) is 0.552. The van der Waals surface area contributed by atoms with Gasteiger partial charge in [0.1, 0.15) is 0 Å². The Kier molecular flexibility index (Phi) is 7.38. The maximum Gasteiger partial charge on any atom is 0.236 e. The van der Waals surface area contributed by atoms with Crippen molar-refractivity contribution in [2.24, 2.45) is 5.73 Å². The number of nitrogens with one attached hydrogen (secondary N) is 1. The molecular weight excluding hydrogens is 236 g/mol. The molecule has 0 aliphatic heterocycles. The fourth-order valence-electron chi connectivity index (χ4n) is 1.79. The molecule has 3 N–H and O–H groups in total. The number of amides is 1. The summed E-state index contributed by atoms with van der Waals surface area (Å²) in [5, 5.41) is 2.85. The highest BCUT2D eigenvalue weighted by Crippen LogP contribution is 2.04. The Morgan fingerprint density at radius 3 is 2.74 bits per heavy atom. The van der Waals surface area contributed by atoms with E-state index in [4.69, 9.17) is 12.2 Å². The molecule has 0 saturated carbocycles. The van der Waals surface area contributed by atoms with E-state index in [1.54, 1.807) is 0 Å². The molecule has 0 radical (unpaired) electrons. The molecule has 19 heavy (non-hydrogen) atoms. The molecule has 3 nitrogen and oxygen atoms in total. The van der Waals surface area contributed by atoms with E-state index in [1.165, 1.54) is 5.56 Å². The number of hydrogen-bond acceptors (Lipinski definition) is 2. The molecule has 1 atom stereocenters. The molecule has 0 aliphatic rings. The van der Waals surface area contributed by atoms with Crippen LogP contribution in [-0.4, -0.2) is 18.5 Å². The molecule has 0 fully saturated rings. The lowest BCUT2D eigenvalue weighted by molar-refractivity contribution is -0.122. The van der Waals surface area contributed by atoms with E-state index < -0.39 is 6.04 Å². The smallest absolute Gasteiger partial charge is 0.236 e.